The van der Waals surface area contributed by atoms with E-state index in [2.05, 4.69) is 19.0 Å². The topological polar surface area (TPSA) is 40.0 Å². The van der Waals surface area contributed by atoms with Gasteiger partial charge < -0.3 is 14.3 Å². The maximum atomic E-state index is 6.02. The third kappa shape index (κ3) is 10.8. The van der Waals surface area contributed by atoms with E-state index in [4.69, 9.17) is 37.5 Å². The Bertz CT molecular complexity index is 614. The van der Waals surface area contributed by atoms with Crippen molar-refractivity contribution in [3.05, 3.63) is 33.8 Å². The van der Waals surface area contributed by atoms with Gasteiger partial charge in [-0.25, -0.2) is 0 Å². The van der Waals surface area contributed by atoms with Crippen LogP contribution in [-0.2, 0) is 11.3 Å². The molecular weight excluding hydrogens is 397 g/mol. The van der Waals surface area contributed by atoms with Gasteiger partial charge in [0.2, 0.25) is 0 Å². The first kappa shape index (κ1) is 24.6. The average molecular weight is 430 g/mol. The number of benzene rings is 1. The van der Waals surface area contributed by atoms with Crippen molar-refractivity contribution in [2.75, 3.05) is 19.8 Å². The summed E-state index contributed by atoms with van der Waals surface area (Å²) >= 11 is 11.2. The molecule has 0 aliphatic heterocycles. The van der Waals surface area contributed by atoms with E-state index in [0.29, 0.717) is 19.8 Å². The molecule has 0 bridgehead atoms. The number of unbranched alkanes of at least 4 members (excludes halogenated alkanes) is 4. The lowest BCUT2D eigenvalue weighted by molar-refractivity contribution is 0.136. The highest BCUT2D eigenvalue weighted by Crippen LogP contribution is 2.30. The van der Waals surface area contributed by atoms with E-state index in [9.17, 15) is 0 Å². The highest BCUT2D eigenvalue weighted by molar-refractivity contribution is 6.55. The Labute approximate surface area is 179 Å². The summed E-state index contributed by atoms with van der Waals surface area (Å²) in [6.07, 6.45) is 10.8. The van der Waals surface area contributed by atoms with Gasteiger partial charge in [0.15, 0.2) is 0 Å². The summed E-state index contributed by atoms with van der Waals surface area (Å²) in [5.41, 5.74) is 2.19. The molecule has 0 aromatic heterocycles. The Morgan fingerprint density at radius 2 is 1.82 bits per heavy atom. The second-order valence-electron chi connectivity index (χ2n) is 6.56. The van der Waals surface area contributed by atoms with Crippen molar-refractivity contribution in [1.82, 2.24) is 0 Å². The van der Waals surface area contributed by atoms with E-state index >= 15 is 0 Å². The molecule has 0 fully saturated rings. The zero-order valence-electron chi connectivity index (χ0n) is 17.3. The summed E-state index contributed by atoms with van der Waals surface area (Å²) in [7, 11) is 0. The summed E-state index contributed by atoms with van der Waals surface area (Å²) in [5, 5.41) is 3.99. The standard InChI is InChI=1S/C22H33Cl2NO3/c1-4-6-7-8-12-25-28-14-10-9-13-27-22-18(3)16-20(17-19(22)5-2)26-15-11-21(23)24/h11-12,16-17H,4-10,13-15H2,1-3H3. The molecular formula is C22H33Cl2NO3. The van der Waals surface area contributed by atoms with Gasteiger partial charge in [0.25, 0.3) is 0 Å². The molecule has 0 heterocycles. The molecule has 0 radical (unpaired) electrons. The van der Waals surface area contributed by atoms with Crippen LogP contribution >= 0.6 is 23.2 Å². The molecule has 0 saturated heterocycles. The first-order valence-corrected chi connectivity index (χ1v) is 10.9. The predicted molar refractivity (Wildman–Crippen MR) is 119 cm³/mol. The summed E-state index contributed by atoms with van der Waals surface area (Å²) in [5.74, 6) is 1.73. The molecule has 0 amide bonds. The van der Waals surface area contributed by atoms with Crippen LogP contribution in [0, 0.1) is 6.92 Å². The van der Waals surface area contributed by atoms with Crippen LogP contribution < -0.4 is 9.47 Å². The quantitative estimate of drug-likeness (QED) is 0.171. The molecule has 0 aliphatic carbocycles. The van der Waals surface area contributed by atoms with Crippen LogP contribution in [0.1, 0.15) is 63.5 Å². The van der Waals surface area contributed by atoms with Crippen LogP contribution in [0.25, 0.3) is 0 Å². The van der Waals surface area contributed by atoms with Crippen molar-refractivity contribution in [1.29, 1.82) is 0 Å². The lowest BCUT2D eigenvalue weighted by Crippen LogP contribution is -2.04. The van der Waals surface area contributed by atoms with Gasteiger partial charge >= 0.3 is 0 Å². The number of rotatable bonds is 15. The van der Waals surface area contributed by atoms with Crippen LogP contribution in [0.5, 0.6) is 11.5 Å². The lowest BCUT2D eigenvalue weighted by atomic mass is 10.1. The zero-order chi connectivity index (χ0) is 20.6. The fourth-order valence-corrected chi connectivity index (χ4v) is 2.78. The van der Waals surface area contributed by atoms with Gasteiger partial charge in [-0.05, 0) is 68.4 Å². The van der Waals surface area contributed by atoms with Crippen LogP contribution in [0.3, 0.4) is 0 Å². The number of hydrogen-bond acceptors (Lipinski definition) is 4. The molecule has 158 valence electrons. The molecule has 0 saturated carbocycles. The largest absolute Gasteiger partial charge is 0.493 e. The molecule has 6 heteroatoms. The first-order chi connectivity index (χ1) is 13.6. The molecule has 0 spiro atoms. The number of halogens is 2. The maximum absolute atomic E-state index is 6.02. The van der Waals surface area contributed by atoms with E-state index in [1.54, 1.807) is 6.08 Å². The minimum absolute atomic E-state index is 0.207. The van der Waals surface area contributed by atoms with Crippen molar-refractivity contribution in [2.24, 2.45) is 5.16 Å². The van der Waals surface area contributed by atoms with Gasteiger partial charge in [-0.15, -0.1) is 0 Å². The summed E-state index contributed by atoms with van der Waals surface area (Å²) < 4.78 is 11.9. The van der Waals surface area contributed by atoms with E-state index in [0.717, 1.165) is 48.3 Å². The van der Waals surface area contributed by atoms with Gasteiger partial charge in [-0.3, -0.25) is 0 Å². The Morgan fingerprint density at radius 3 is 2.54 bits per heavy atom. The van der Waals surface area contributed by atoms with Crippen LogP contribution in [0.4, 0.5) is 0 Å². The summed E-state index contributed by atoms with van der Waals surface area (Å²) in [6, 6.07) is 3.98. The predicted octanol–water partition coefficient (Wildman–Crippen LogP) is 7.00. The molecule has 1 aromatic carbocycles. The van der Waals surface area contributed by atoms with Crippen LogP contribution in [0.15, 0.2) is 27.9 Å². The van der Waals surface area contributed by atoms with E-state index < -0.39 is 0 Å². The number of hydrogen-bond donors (Lipinski definition) is 0. The fourth-order valence-electron chi connectivity index (χ4n) is 2.65. The molecule has 0 atom stereocenters. The summed E-state index contributed by atoms with van der Waals surface area (Å²) in [6.45, 7) is 7.94. The minimum atomic E-state index is 0.207. The number of nitrogens with zero attached hydrogens (tertiary/aromatic N) is 1. The third-order valence-corrected chi connectivity index (χ3v) is 4.46. The molecule has 0 aliphatic rings. The minimum Gasteiger partial charge on any atom is -0.493 e. The Balaban J connectivity index is 2.34. The van der Waals surface area contributed by atoms with Crippen LogP contribution in [0.2, 0.25) is 0 Å². The molecule has 0 unspecified atom stereocenters. The Kier molecular flexibility index (Phi) is 13.7. The van der Waals surface area contributed by atoms with E-state index in [1.165, 1.54) is 19.3 Å². The van der Waals surface area contributed by atoms with Crippen molar-refractivity contribution < 1.29 is 14.3 Å². The smallest absolute Gasteiger partial charge is 0.125 e. The summed E-state index contributed by atoms with van der Waals surface area (Å²) in [4.78, 5) is 5.28. The van der Waals surface area contributed by atoms with E-state index in [-0.39, 0.29) is 4.49 Å². The highest BCUT2D eigenvalue weighted by Gasteiger charge is 2.09. The molecule has 1 rings (SSSR count). The van der Waals surface area contributed by atoms with Crippen molar-refractivity contribution in [2.45, 2.75) is 65.7 Å². The van der Waals surface area contributed by atoms with Crippen LogP contribution in [-0.4, -0.2) is 26.0 Å². The first-order valence-electron chi connectivity index (χ1n) is 10.1. The van der Waals surface area contributed by atoms with Gasteiger partial charge in [0.05, 0.1) is 6.61 Å². The van der Waals surface area contributed by atoms with Crippen molar-refractivity contribution in [3.8, 4) is 11.5 Å². The maximum Gasteiger partial charge on any atom is 0.125 e. The fraction of sp³-hybridized carbons (Fsp3) is 0.591. The second-order valence-corrected chi connectivity index (χ2v) is 7.57. The van der Waals surface area contributed by atoms with Crippen molar-refractivity contribution >= 4 is 29.4 Å². The Morgan fingerprint density at radius 1 is 1.04 bits per heavy atom. The number of aryl methyl sites for hydroxylation is 2. The number of oxime groups is 1. The molecule has 0 N–H and O–H groups in total. The lowest BCUT2D eigenvalue weighted by Gasteiger charge is -2.15. The third-order valence-electron chi connectivity index (χ3n) is 4.16. The average Bonchev–Trinajstić information content (AvgIpc) is 2.66. The van der Waals surface area contributed by atoms with Gasteiger partial charge in [0.1, 0.15) is 29.2 Å². The molecule has 1 aromatic rings. The monoisotopic (exact) mass is 429 g/mol. The molecule has 4 nitrogen and oxygen atoms in total. The Hall–Kier alpha value is -1.39. The van der Waals surface area contributed by atoms with Gasteiger partial charge in [-0.2, -0.15) is 0 Å². The van der Waals surface area contributed by atoms with Gasteiger partial charge in [0, 0.05) is 6.21 Å². The van der Waals surface area contributed by atoms with Crippen molar-refractivity contribution in [3.63, 3.8) is 0 Å². The van der Waals surface area contributed by atoms with Gasteiger partial charge in [-0.1, -0.05) is 55.0 Å². The SMILES string of the molecule is CCCCCC=NOCCCCOc1c(C)cc(OCC=C(Cl)Cl)cc1CC. The normalized spacial score (nSPS) is 10.9. The highest BCUT2D eigenvalue weighted by atomic mass is 35.5. The second kappa shape index (κ2) is 15.5. The molecule has 28 heavy (non-hydrogen) atoms. The number of ether oxygens (including phenoxy) is 2. The van der Waals surface area contributed by atoms with E-state index in [1.807, 2.05) is 25.3 Å². The zero-order valence-corrected chi connectivity index (χ0v) is 18.8.